The van der Waals surface area contributed by atoms with Gasteiger partial charge in [0.15, 0.2) is 5.82 Å². The van der Waals surface area contributed by atoms with E-state index in [1.54, 1.807) is 16.8 Å². The van der Waals surface area contributed by atoms with E-state index >= 15 is 0 Å². The number of nitrogens with one attached hydrogen (secondary N) is 1. The lowest BCUT2D eigenvalue weighted by Crippen LogP contribution is -2.39. The van der Waals surface area contributed by atoms with Crippen molar-refractivity contribution in [2.75, 3.05) is 11.9 Å². The largest absolute Gasteiger partial charge is 0.491 e. The number of nitrogens with two attached hydrogens (primary N) is 1. The second-order valence-electron chi connectivity index (χ2n) is 8.16. The molecule has 0 aromatic carbocycles. The van der Waals surface area contributed by atoms with Crippen molar-refractivity contribution in [2.45, 2.75) is 31.7 Å². The maximum absolute atomic E-state index is 12.0. The molecule has 2 fully saturated rings. The van der Waals surface area contributed by atoms with Crippen LogP contribution in [0.3, 0.4) is 0 Å². The highest BCUT2D eigenvalue weighted by atomic mass is 16.5. The van der Waals surface area contributed by atoms with Gasteiger partial charge in [0.2, 0.25) is 5.91 Å². The van der Waals surface area contributed by atoms with Crippen molar-refractivity contribution in [1.29, 1.82) is 5.26 Å². The second kappa shape index (κ2) is 7.43. The number of fused-ring (bicyclic) bond motifs is 1. The number of aromatic nitrogens is 3. The van der Waals surface area contributed by atoms with Gasteiger partial charge in [-0.15, -0.1) is 0 Å². The maximum atomic E-state index is 12.0. The molecule has 8 nitrogen and oxygen atoms in total. The average Bonchev–Trinajstić information content (AvgIpc) is 3.50. The Balaban J connectivity index is 1.42. The molecule has 0 unspecified atom stereocenters. The Bertz CT molecular complexity index is 1150. The predicted octanol–water partition coefficient (Wildman–Crippen LogP) is 2.73. The van der Waals surface area contributed by atoms with E-state index in [1.807, 2.05) is 24.4 Å². The van der Waals surface area contributed by atoms with E-state index in [2.05, 4.69) is 21.5 Å². The van der Waals surface area contributed by atoms with Crippen molar-refractivity contribution in [3.05, 3.63) is 42.4 Å². The Labute approximate surface area is 173 Å². The number of nitrogens with zero attached hydrogens (tertiary/aromatic N) is 4. The zero-order valence-electron chi connectivity index (χ0n) is 16.4. The van der Waals surface area contributed by atoms with Crippen LogP contribution in [0.4, 0.5) is 5.82 Å². The van der Waals surface area contributed by atoms with Crippen LogP contribution >= 0.6 is 0 Å². The highest BCUT2D eigenvalue weighted by molar-refractivity contribution is 5.93. The molecule has 30 heavy (non-hydrogen) atoms. The van der Waals surface area contributed by atoms with Crippen molar-refractivity contribution in [2.24, 2.45) is 17.6 Å². The van der Waals surface area contributed by atoms with Crippen LogP contribution in [0, 0.1) is 23.2 Å². The van der Waals surface area contributed by atoms with Crippen LogP contribution in [-0.4, -0.2) is 33.2 Å². The molecule has 3 N–H and O–H groups in total. The first-order valence-electron chi connectivity index (χ1n) is 10.2. The van der Waals surface area contributed by atoms with Crippen molar-refractivity contribution < 1.29 is 9.53 Å². The molecule has 0 bridgehead atoms. The first-order valence-corrected chi connectivity index (χ1v) is 10.2. The summed E-state index contributed by atoms with van der Waals surface area (Å²) in [6, 6.07) is 9.81. The van der Waals surface area contributed by atoms with Gasteiger partial charge >= 0.3 is 0 Å². The zero-order valence-corrected chi connectivity index (χ0v) is 16.4. The van der Waals surface area contributed by atoms with Gasteiger partial charge in [-0.3, -0.25) is 4.79 Å². The Morgan fingerprint density at radius 3 is 2.90 bits per heavy atom. The molecule has 8 heteroatoms. The molecule has 3 aromatic rings. The zero-order chi connectivity index (χ0) is 20.7. The number of anilines is 1. The normalized spacial score (nSPS) is 20.4. The fraction of sp³-hybridized carbons (Fsp3) is 0.364. The van der Waals surface area contributed by atoms with Crippen LogP contribution in [0.5, 0.6) is 5.75 Å². The summed E-state index contributed by atoms with van der Waals surface area (Å²) in [6.07, 6.45) is 7.27. The number of pyridine rings is 2. The molecule has 0 radical (unpaired) electrons. The molecule has 2 aliphatic rings. The van der Waals surface area contributed by atoms with Crippen molar-refractivity contribution >= 4 is 17.2 Å². The minimum atomic E-state index is 0.0258. The Morgan fingerprint density at radius 1 is 1.33 bits per heavy atom. The van der Waals surface area contributed by atoms with Gasteiger partial charge in [0.25, 0.3) is 0 Å². The standard InChI is InChI=1S/C22H22N6O2/c23-10-17-8-19(20(11-25-17)30-12-13-5-16(24)6-13)15-3-4-28-18(7-15)9-21(27-28)26-22(29)14-1-2-14/h3-4,7-9,11,13-14,16H,1-2,5-6,12,24H2,(H,26,27,29)/t13-,16-. The summed E-state index contributed by atoms with van der Waals surface area (Å²) < 4.78 is 7.76. The van der Waals surface area contributed by atoms with Gasteiger partial charge < -0.3 is 15.8 Å². The maximum Gasteiger partial charge on any atom is 0.228 e. The number of nitriles is 1. The summed E-state index contributed by atoms with van der Waals surface area (Å²) in [4.78, 5) is 16.2. The quantitative estimate of drug-likeness (QED) is 0.654. The van der Waals surface area contributed by atoms with Gasteiger partial charge in [-0.2, -0.15) is 10.4 Å². The molecule has 3 aromatic heterocycles. The topological polar surface area (TPSA) is 118 Å². The van der Waals surface area contributed by atoms with Crippen molar-refractivity contribution in [3.63, 3.8) is 0 Å². The summed E-state index contributed by atoms with van der Waals surface area (Å²) >= 11 is 0. The van der Waals surface area contributed by atoms with Gasteiger partial charge in [0.1, 0.15) is 17.5 Å². The van der Waals surface area contributed by atoms with E-state index in [0.29, 0.717) is 29.8 Å². The summed E-state index contributed by atoms with van der Waals surface area (Å²) in [5.74, 6) is 1.78. The lowest BCUT2D eigenvalue weighted by Gasteiger charge is -2.32. The highest BCUT2D eigenvalue weighted by Crippen LogP contribution is 2.34. The fourth-order valence-corrected chi connectivity index (χ4v) is 3.77. The minimum Gasteiger partial charge on any atom is -0.491 e. The molecular formula is C22H22N6O2. The van der Waals surface area contributed by atoms with Gasteiger partial charge in [-0.25, -0.2) is 9.50 Å². The third-order valence-electron chi connectivity index (χ3n) is 5.70. The predicted molar refractivity (Wildman–Crippen MR) is 111 cm³/mol. The summed E-state index contributed by atoms with van der Waals surface area (Å²) in [5.41, 5.74) is 8.72. The number of carbonyl (C=O) groups excluding carboxylic acids is 1. The van der Waals surface area contributed by atoms with Gasteiger partial charge in [-0.05, 0) is 55.4 Å². The van der Waals surface area contributed by atoms with E-state index < -0.39 is 0 Å². The van der Waals surface area contributed by atoms with Crippen molar-refractivity contribution in [1.82, 2.24) is 14.6 Å². The van der Waals surface area contributed by atoms with Gasteiger partial charge in [0.05, 0.1) is 18.3 Å². The summed E-state index contributed by atoms with van der Waals surface area (Å²) in [5, 5.41) is 16.6. The first-order chi connectivity index (χ1) is 14.6. The van der Waals surface area contributed by atoms with E-state index in [1.165, 1.54) is 0 Å². The first kappa shape index (κ1) is 18.6. The Kier molecular flexibility index (Phi) is 4.60. The van der Waals surface area contributed by atoms with Gasteiger partial charge in [0, 0.05) is 29.8 Å². The third kappa shape index (κ3) is 3.72. The smallest absolute Gasteiger partial charge is 0.228 e. The molecule has 5 rings (SSSR count). The molecular weight excluding hydrogens is 380 g/mol. The number of carbonyl (C=O) groups is 1. The van der Waals surface area contributed by atoms with E-state index in [4.69, 9.17) is 10.5 Å². The number of rotatable bonds is 6. The molecule has 0 aliphatic heterocycles. The molecule has 2 saturated carbocycles. The summed E-state index contributed by atoms with van der Waals surface area (Å²) in [6.45, 7) is 0.584. The van der Waals surface area contributed by atoms with Crippen LogP contribution in [-0.2, 0) is 4.79 Å². The number of ether oxygens (including phenoxy) is 1. The molecule has 1 amide bonds. The lowest BCUT2D eigenvalue weighted by atomic mass is 9.81. The lowest BCUT2D eigenvalue weighted by molar-refractivity contribution is -0.117. The molecule has 152 valence electrons. The molecule has 0 spiro atoms. The molecule has 0 atom stereocenters. The summed E-state index contributed by atoms with van der Waals surface area (Å²) in [7, 11) is 0. The van der Waals surface area contributed by atoms with Crippen molar-refractivity contribution in [3.8, 4) is 22.9 Å². The Hall–Kier alpha value is -3.44. The van der Waals surface area contributed by atoms with E-state index in [9.17, 15) is 10.1 Å². The minimum absolute atomic E-state index is 0.0258. The van der Waals surface area contributed by atoms with Gasteiger partial charge in [-0.1, -0.05) is 0 Å². The monoisotopic (exact) mass is 402 g/mol. The fourth-order valence-electron chi connectivity index (χ4n) is 3.77. The molecule has 2 aliphatic carbocycles. The van der Waals surface area contributed by atoms with Crippen LogP contribution < -0.4 is 15.8 Å². The van der Waals surface area contributed by atoms with Crippen LogP contribution in [0.1, 0.15) is 31.4 Å². The SMILES string of the molecule is N#Cc1cc(-c2ccn3nc(NC(=O)C4CC4)cc3c2)c(OC[C@H]2C[C@H](N)C2)cn1. The second-order valence-corrected chi connectivity index (χ2v) is 8.16. The highest BCUT2D eigenvalue weighted by Gasteiger charge is 2.30. The number of hydrogen-bond acceptors (Lipinski definition) is 6. The number of amides is 1. The van der Waals surface area contributed by atoms with E-state index in [-0.39, 0.29) is 17.9 Å². The molecule has 0 saturated heterocycles. The third-order valence-corrected chi connectivity index (χ3v) is 5.70. The number of hydrogen-bond donors (Lipinski definition) is 2. The van der Waals surface area contributed by atoms with Crippen LogP contribution in [0.2, 0.25) is 0 Å². The molecule has 3 heterocycles. The average molecular weight is 402 g/mol. The van der Waals surface area contributed by atoms with E-state index in [0.717, 1.165) is 42.3 Å². The van der Waals surface area contributed by atoms with Crippen LogP contribution in [0.25, 0.3) is 16.6 Å². The Morgan fingerprint density at radius 2 is 2.17 bits per heavy atom. The van der Waals surface area contributed by atoms with Crippen LogP contribution in [0.15, 0.2) is 36.7 Å².